The standard InChI is InChI=1S/C14H14BrNO3/c1-9(5-13-3-2-4-19-13)16-12-7-10(14(17)18)6-11(15)8-12/h2-4,6-9,16H,5H2,1H3,(H,17,18). The van der Waals surface area contributed by atoms with Crippen molar-refractivity contribution < 1.29 is 14.3 Å². The Balaban J connectivity index is 2.08. The molecule has 0 aliphatic heterocycles. The SMILES string of the molecule is CC(Cc1ccco1)Nc1cc(Br)cc(C(=O)O)c1. The molecular formula is C14H14BrNO3. The molecule has 0 radical (unpaired) electrons. The molecule has 0 saturated carbocycles. The summed E-state index contributed by atoms with van der Waals surface area (Å²) in [7, 11) is 0. The van der Waals surface area contributed by atoms with Gasteiger partial charge in [0.15, 0.2) is 0 Å². The average Bonchev–Trinajstić information content (AvgIpc) is 2.80. The van der Waals surface area contributed by atoms with Crippen molar-refractivity contribution in [2.45, 2.75) is 19.4 Å². The highest BCUT2D eigenvalue weighted by Gasteiger charge is 2.09. The number of carboxylic acid groups (broad SMARTS) is 1. The number of anilines is 1. The molecule has 0 spiro atoms. The van der Waals surface area contributed by atoms with E-state index in [1.165, 1.54) is 0 Å². The van der Waals surface area contributed by atoms with E-state index in [0.717, 1.165) is 22.3 Å². The largest absolute Gasteiger partial charge is 0.478 e. The van der Waals surface area contributed by atoms with Crippen molar-refractivity contribution in [2.24, 2.45) is 0 Å². The van der Waals surface area contributed by atoms with E-state index >= 15 is 0 Å². The fourth-order valence-electron chi connectivity index (χ4n) is 1.86. The smallest absolute Gasteiger partial charge is 0.335 e. The lowest BCUT2D eigenvalue weighted by Gasteiger charge is -2.14. The van der Waals surface area contributed by atoms with Crippen molar-refractivity contribution >= 4 is 27.6 Å². The summed E-state index contributed by atoms with van der Waals surface area (Å²) in [5, 5.41) is 12.3. The molecule has 1 atom stereocenters. The minimum Gasteiger partial charge on any atom is -0.478 e. The van der Waals surface area contributed by atoms with Gasteiger partial charge in [-0.2, -0.15) is 0 Å². The molecule has 1 aromatic heterocycles. The highest BCUT2D eigenvalue weighted by molar-refractivity contribution is 9.10. The zero-order valence-corrected chi connectivity index (χ0v) is 12.0. The number of aromatic carboxylic acids is 1. The maximum absolute atomic E-state index is 11.0. The molecule has 0 aliphatic rings. The average molecular weight is 324 g/mol. The van der Waals surface area contributed by atoms with E-state index in [4.69, 9.17) is 9.52 Å². The molecule has 0 aliphatic carbocycles. The first-order valence-corrected chi connectivity index (χ1v) is 6.66. The lowest BCUT2D eigenvalue weighted by atomic mass is 10.1. The van der Waals surface area contributed by atoms with Crippen LogP contribution in [0.15, 0.2) is 45.5 Å². The summed E-state index contributed by atoms with van der Waals surface area (Å²) in [5.41, 5.74) is 1.02. The Morgan fingerprint density at radius 1 is 1.47 bits per heavy atom. The van der Waals surface area contributed by atoms with E-state index in [1.54, 1.807) is 18.4 Å². The topological polar surface area (TPSA) is 62.5 Å². The van der Waals surface area contributed by atoms with Crippen LogP contribution in [0.4, 0.5) is 5.69 Å². The third-order valence-electron chi connectivity index (χ3n) is 2.65. The Labute approximate surface area is 119 Å². The van der Waals surface area contributed by atoms with Gasteiger partial charge in [-0.3, -0.25) is 0 Å². The number of hydrogen-bond donors (Lipinski definition) is 2. The third kappa shape index (κ3) is 3.86. The van der Waals surface area contributed by atoms with Crippen molar-refractivity contribution in [3.8, 4) is 0 Å². The summed E-state index contributed by atoms with van der Waals surface area (Å²) in [6.45, 7) is 2.02. The molecule has 4 nitrogen and oxygen atoms in total. The van der Waals surface area contributed by atoms with E-state index < -0.39 is 5.97 Å². The van der Waals surface area contributed by atoms with Gasteiger partial charge in [0.1, 0.15) is 5.76 Å². The molecule has 2 aromatic rings. The number of halogens is 1. The van der Waals surface area contributed by atoms with Crippen LogP contribution in [0.5, 0.6) is 0 Å². The second kappa shape index (κ2) is 5.93. The zero-order valence-electron chi connectivity index (χ0n) is 10.4. The molecule has 0 bridgehead atoms. The van der Waals surface area contributed by atoms with E-state index in [1.807, 2.05) is 25.1 Å². The van der Waals surface area contributed by atoms with Crippen LogP contribution in [0.2, 0.25) is 0 Å². The first kappa shape index (κ1) is 13.7. The monoisotopic (exact) mass is 323 g/mol. The highest BCUT2D eigenvalue weighted by Crippen LogP contribution is 2.21. The van der Waals surface area contributed by atoms with Crippen LogP contribution < -0.4 is 5.32 Å². The maximum atomic E-state index is 11.0. The van der Waals surface area contributed by atoms with Crippen LogP contribution >= 0.6 is 15.9 Å². The van der Waals surface area contributed by atoms with Crippen LogP contribution in [0.3, 0.4) is 0 Å². The van der Waals surface area contributed by atoms with Crippen LogP contribution in [-0.2, 0) is 6.42 Å². The predicted octanol–water partition coefficient (Wildman–Crippen LogP) is 3.78. The van der Waals surface area contributed by atoms with Gasteiger partial charge in [0.05, 0.1) is 11.8 Å². The van der Waals surface area contributed by atoms with Crippen molar-refractivity contribution in [3.05, 3.63) is 52.4 Å². The second-order valence-corrected chi connectivity index (χ2v) is 5.28. The summed E-state index contributed by atoms with van der Waals surface area (Å²) in [5.74, 6) is -0.0449. The fourth-order valence-corrected chi connectivity index (χ4v) is 2.36. The molecule has 0 amide bonds. The highest BCUT2D eigenvalue weighted by atomic mass is 79.9. The summed E-state index contributed by atoms with van der Waals surface area (Å²) in [6, 6.07) is 8.95. The van der Waals surface area contributed by atoms with Crippen LogP contribution in [0.1, 0.15) is 23.0 Å². The summed E-state index contributed by atoms with van der Waals surface area (Å²) in [4.78, 5) is 11.0. The van der Waals surface area contributed by atoms with Gasteiger partial charge in [0, 0.05) is 22.6 Å². The lowest BCUT2D eigenvalue weighted by molar-refractivity contribution is 0.0697. The molecule has 5 heteroatoms. The lowest BCUT2D eigenvalue weighted by Crippen LogP contribution is -2.18. The van der Waals surface area contributed by atoms with Crippen molar-refractivity contribution in [1.82, 2.24) is 0 Å². The van der Waals surface area contributed by atoms with Gasteiger partial charge in [-0.25, -0.2) is 4.79 Å². The molecule has 19 heavy (non-hydrogen) atoms. The minimum atomic E-state index is -0.942. The van der Waals surface area contributed by atoms with Gasteiger partial charge in [-0.1, -0.05) is 15.9 Å². The third-order valence-corrected chi connectivity index (χ3v) is 3.10. The number of carboxylic acids is 1. The summed E-state index contributed by atoms with van der Waals surface area (Å²) < 4.78 is 6.02. The van der Waals surface area contributed by atoms with Gasteiger partial charge < -0.3 is 14.8 Å². The number of hydrogen-bond acceptors (Lipinski definition) is 3. The number of benzene rings is 1. The number of furan rings is 1. The number of carbonyl (C=O) groups is 1. The molecule has 1 heterocycles. The zero-order chi connectivity index (χ0) is 13.8. The van der Waals surface area contributed by atoms with Crippen LogP contribution in [0.25, 0.3) is 0 Å². The Morgan fingerprint density at radius 2 is 2.26 bits per heavy atom. The first-order valence-electron chi connectivity index (χ1n) is 5.87. The summed E-state index contributed by atoms with van der Waals surface area (Å²) in [6.07, 6.45) is 2.38. The van der Waals surface area contributed by atoms with E-state index in [0.29, 0.717) is 0 Å². The molecule has 1 unspecified atom stereocenters. The first-order chi connectivity index (χ1) is 9.04. The molecule has 0 fully saturated rings. The number of nitrogens with one attached hydrogen (secondary N) is 1. The molecule has 2 N–H and O–H groups in total. The molecule has 100 valence electrons. The Hall–Kier alpha value is -1.75. The van der Waals surface area contributed by atoms with E-state index in [-0.39, 0.29) is 11.6 Å². The van der Waals surface area contributed by atoms with Gasteiger partial charge in [-0.05, 0) is 37.3 Å². The van der Waals surface area contributed by atoms with E-state index in [9.17, 15) is 4.79 Å². The van der Waals surface area contributed by atoms with Crippen molar-refractivity contribution in [2.75, 3.05) is 5.32 Å². The van der Waals surface area contributed by atoms with Gasteiger partial charge in [0.2, 0.25) is 0 Å². The fraction of sp³-hybridized carbons (Fsp3) is 0.214. The van der Waals surface area contributed by atoms with Crippen molar-refractivity contribution in [3.63, 3.8) is 0 Å². The Kier molecular flexibility index (Phi) is 4.27. The normalized spacial score (nSPS) is 12.1. The molecule has 2 rings (SSSR count). The molecule has 1 aromatic carbocycles. The van der Waals surface area contributed by atoms with Crippen LogP contribution in [-0.4, -0.2) is 17.1 Å². The van der Waals surface area contributed by atoms with E-state index in [2.05, 4.69) is 21.2 Å². The molecular weight excluding hydrogens is 310 g/mol. The van der Waals surface area contributed by atoms with Crippen LogP contribution in [0, 0.1) is 0 Å². The Morgan fingerprint density at radius 3 is 2.89 bits per heavy atom. The number of rotatable bonds is 5. The van der Waals surface area contributed by atoms with Crippen molar-refractivity contribution in [1.29, 1.82) is 0 Å². The molecule has 0 saturated heterocycles. The second-order valence-electron chi connectivity index (χ2n) is 4.36. The predicted molar refractivity (Wildman–Crippen MR) is 76.6 cm³/mol. The van der Waals surface area contributed by atoms with Gasteiger partial charge in [0.25, 0.3) is 0 Å². The quantitative estimate of drug-likeness (QED) is 0.878. The maximum Gasteiger partial charge on any atom is 0.335 e. The minimum absolute atomic E-state index is 0.141. The summed E-state index contributed by atoms with van der Waals surface area (Å²) >= 11 is 3.31. The van der Waals surface area contributed by atoms with Gasteiger partial charge in [-0.15, -0.1) is 0 Å². The Bertz CT molecular complexity index is 566. The van der Waals surface area contributed by atoms with Gasteiger partial charge >= 0.3 is 5.97 Å².